The van der Waals surface area contributed by atoms with E-state index < -0.39 is 0 Å². The van der Waals surface area contributed by atoms with E-state index in [-0.39, 0.29) is 11.4 Å². The van der Waals surface area contributed by atoms with Crippen LogP contribution in [0.25, 0.3) is 11.3 Å². The quantitative estimate of drug-likeness (QED) is 0.785. The normalized spacial score (nSPS) is 10.4. The molecular formula is C10H6BCl2N3. The van der Waals surface area contributed by atoms with Gasteiger partial charge in [0.15, 0.2) is 0 Å². The number of rotatable bonds is 1. The topological polar surface area (TPSA) is 51.8 Å². The Morgan fingerprint density at radius 3 is 2.69 bits per heavy atom. The van der Waals surface area contributed by atoms with Gasteiger partial charge in [-0.1, -0.05) is 23.2 Å². The van der Waals surface area contributed by atoms with Crippen LogP contribution in [0, 0.1) is 0 Å². The maximum Gasteiger partial charge on any atom is 0.149 e. The Labute approximate surface area is 104 Å². The number of benzene rings is 1. The smallest absolute Gasteiger partial charge is 0.149 e. The molecule has 0 bridgehead atoms. The fourth-order valence-corrected chi connectivity index (χ4v) is 1.79. The molecule has 0 aliphatic heterocycles. The molecule has 0 atom stereocenters. The van der Waals surface area contributed by atoms with Gasteiger partial charge in [0.05, 0.1) is 5.02 Å². The van der Waals surface area contributed by atoms with Gasteiger partial charge in [-0.2, -0.15) is 0 Å². The Balaban J connectivity index is 2.62. The second kappa shape index (κ2) is 4.32. The molecule has 2 N–H and O–H groups in total. The zero-order valence-corrected chi connectivity index (χ0v) is 9.63. The largest absolute Gasteiger partial charge is 0.382 e. The number of nitrogens with two attached hydrogens (primary N) is 1. The van der Waals surface area contributed by atoms with Gasteiger partial charge in [-0.25, -0.2) is 4.98 Å². The van der Waals surface area contributed by atoms with E-state index in [9.17, 15) is 0 Å². The summed E-state index contributed by atoms with van der Waals surface area (Å²) in [6.07, 6.45) is 1.39. The summed E-state index contributed by atoms with van der Waals surface area (Å²) in [5.74, 6) is 0.276. The summed E-state index contributed by atoms with van der Waals surface area (Å²) in [6.45, 7) is 0. The van der Waals surface area contributed by atoms with Gasteiger partial charge in [-0.3, -0.25) is 4.98 Å². The molecule has 0 spiro atoms. The third kappa shape index (κ3) is 2.13. The highest BCUT2D eigenvalue weighted by Crippen LogP contribution is 2.30. The molecule has 1 aromatic carbocycles. The molecule has 2 rings (SSSR count). The monoisotopic (exact) mass is 249 g/mol. The second-order valence-electron chi connectivity index (χ2n) is 3.15. The molecule has 1 aromatic heterocycles. The lowest BCUT2D eigenvalue weighted by Crippen LogP contribution is -2.12. The average molecular weight is 250 g/mol. The lowest BCUT2D eigenvalue weighted by Gasteiger charge is -2.07. The van der Waals surface area contributed by atoms with Crippen molar-refractivity contribution in [2.75, 3.05) is 5.73 Å². The van der Waals surface area contributed by atoms with Gasteiger partial charge in [0, 0.05) is 22.4 Å². The van der Waals surface area contributed by atoms with Crippen LogP contribution in [0.5, 0.6) is 0 Å². The van der Waals surface area contributed by atoms with Crippen molar-refractivity contribution in [2.45, 2.75) is 0 Å². The van der Waals surface area contributed by atoms with E-state index in [2.05, 4.69) is 9.97 Å². The van der Waals surface area contributed by atoms with E-state index in [4.69, 9.17) is 36.8 Å². The lowest BCUT2D eigenvalue weighted by atomic mass is 10.0. The molecule has 16 heavy (non-hydrogen) atoms. The number of halogens is 2. The summed E-state index contributed by atoms with van der Waals surface area (Å²) in [5, 5.41) is 1.00. The van der Waals surface area contributed by atoms with Crippen molar-refractivity contribution in [1.29, 1.82) is 0 Å². The number of hydrogen-bond acceptors (Lipinski definition) is 3. The van der Waals surface area contributed by atoms with Crippen molar-refractivity contribution in [3.63, 3.8) is 0 Å². The molecule has 1 heterocycles. The number of aromatic nitrogens is 2. The van der Waals surface area contributed by atoms with Crippen molar-refractivity contribution >= 4 is 42.5 Å². The van der Waals surface area contributed by atoms with Crippen LogP contribution in [0.15, 0.2) is 24.4 Å². The minimum absolute atomic E-state index is 0.276. The highest BCUT2D eigenvalue weighted by Gasteiger charge is 2.10. The van der Waals surface area contributed by atoms with E-state index in [1.807, 2.05) is 0 Å². The number of nitrogens with zero attached hydrogens (tertiary/aromatic N) is 2. The maximum absolute atomic E-state index is 6.04. The van der Waals surface area contributed by atoms with Crippen molar-refractivity contribution in [2.24, 2.45) is 0 Å². The predicted molar refractivity (Wildman–Crippen MR) is 67.3 cm³/mol. The molecule has 0 unspecified atom stereocenters. The summed E-state index contributed by atoms with van der Waals surface area (Å²) in [6, 6.07) is 5.04. The Hall–Kier alpha value is -1.26. The van der Waals surface area contributed by atoms with Gasteiger partial charge in [0.25, 0.3) is 0 Å². The fraction of sp³-hybridized carbons (Fsp3) is 0. The summed E-state index contributed by atoms with van der Waals surface area (Å²) >= 11 is 11.8. The molecule has 0 aliphatic carbocycles. The third-order valence-electron chi connectivity index (χ3n) is 2.01. The molecule has 0 aliphatic rings. The Bertz CT molecular complexity index is 546. The van der Waals surface area contributed by atoms with Crippen LogP contribution in [0.2, 0.25) is 10.0 Å². The van der Waals surface area contributed by atoms with E-state index in [0.29, 0.717) is 21.3 Å². The molecule has 0 fully saturated rings. The van der Waals surface area contributed by atoms with Crippen LogP contribution in [-0.2, 0) is 0 Å². The summed E-state index contributed by atoms with van der Waals surface area (Å²) in [5.41, 5.74) is 7.11. The van der Waals surface area contributed by atoms with E-state index >= 15 is 0 Å². The molecule has 0 saturated heterocycles. The van der Waals surface area contributed by atoms with E-state index in [1.165, 1.54) is 6.20 Å². The first-order valence-electron chi connectivity index (χ1n) is 4.41. The van der Waals surface area contributed by atoms with Crippen LogP contribution >= 0.6 is 23.2 Å². The zero-order valence-electron chi connectivity index (χ0n) is 8.11. The maximum atomic E-state index is 6.04. The highest BCUT2D eigenvalue weighted by molar-refractivity contribution is 6.36. The minimum Gasteiger partial charge on any atom is -0.382 e. The van der Waals surface area contributed by atoms with Crippen molar-refractivity contribution in [3.05, 3.63) is 34.4 Å². The molecule has 2 aromatic rings. The second-order valence-corrected chi connectivity index (χ2v) is 4.00. The SMILES string of the molecule is [B]c1cnc(N)c(-c2ccc(Cl)cc2Cl)n1. The third-order valence-corrected chi connectivity index (χ3v) is 2.55. The fourth-order valence-electron chi connectivity index (χ4n) is 1.29. The molecule has 0 amide bonds. The first-order valence-corrected chi connectivity index (χ1v) is 5.17. The van der Waals surface area contributed by atoms with Gasteiger partial charge in [0.1, 0.15) is 19.4 Å². The van der Waals surface area contributed by atoms with Crippen LogP contribution in [0.3, 0.4) is 0 Å². The van der Waals surface area contributed by atoms with E-state index in [1.54, 1.807) is 18.2 Å². The minimum atomic E-state index is 0.276. The predicted octanol–water partition coefficient (Wildman–Crippen LogP) is 1.83. The summed E-state index contributed by atoms with van der Waals surface area (Å²) < 4.78 is 0. The molecule has 0 saturated carbocycles. The van der Waals surface area contributed by atoms with Crippen LogP contribution in [-0.4, -0.2) is 17.8 Å². The molecule has 2 radical (unpaired) electrons. The first kappa shape index (κ1) is 11.2. The standard InChI is InChI=1S/C10H6BCl2N3/c11-8-4-15-10(14)9(16-8)6-2-1-5(12)3-7(6)13/h1-4H,(H2,14,15). The Kier molecular flexibility index (Phi) is 3.03. The molecular weight excluding hydrogens is 244 g/mol. The Morgan fingerprint density at radius 1 is 1.25 bits per heavy atom. The van der Waals surface area contributed by atoms with Crippen molar-refractivity contribution in [1.82, 2.24) is 9.97 Å². The molecule has 78 valence electrons. The van der Waals surface area contributed by atoms with E-state index in [0.717, 1.165) is 0 Å². The van der Waals surface area contributed by atoms with Crippen LogP contribution in [0.1, 0.15) is 0 Å². The molecule has 6 heteroatoms. The number of hydrogen-bond donors (Lipinski definition) is 1. The van der Waals surface area contributed by atoms with Crippen molar-refractivity contribution < 1.29 is 0 Å². The highest BCUT2D eigenvalue weighted by atomic mass is 35.5. The van der Waals surface area contributed by atoms with Crippen molar-refractivity contribution in [3.8, 4) is 11.3 Å². The zero-order chi connectivity index (χ0) is 11.7. The average Bonchev–Trinajstić information content (AvgIpc) is 2.22. The first-order chi connectivity index (χ1) is 7.58. The van der Waals surface area contributed by atoms with Gasteiger partial charge in [-0.05, 0) is 18.2 Å². The summed E-state index contributed by atoms with van der Waals surface area (Å²) in [4.78, 5) is 8.01. The lowest BCUT2D eigenvalue weighted by molar-refractivity contribution is 1.25. The van der Waals surface area contributed by atoms with Gasteiger partial charge in [0.2, 0.25) is 0 Å². The summed E-state index contributed by atoms with van der Waals surface area (Å²) in [7, 11) is 5.55. The van der Waals surface area contributed by atoms with Gasteiger partial charge in [-0.15, -0.1) is 0 Å². The van der Waals surface area contributed by atoms with Gasteiger partial charge >= 0.3 is 0 Å². The van der Waals surface area contributed by atoms with Crippen LogP contribution < -0.4 is 11.3 Å². The van der Waals surface area contributed by atoms with Gasteiger partial charge < -0.3 is 5.73 Å². The van der Waals surface area contributed by atoms with Crippen LogP contribution in [0.4, 0.5) is 5.82 Å². The number of anilines is 1. The number of nitrogen functional groups attached to an aromatic ring is 1. The molecule has 3 nitrogen and oxygen atoms in total. The Morgan fingerprint density at radius 2 is 2.00 bits per heavy atom.